The molecule has 0 aliphatic carbocycles. The molecule has 0 amide bonds. The van der Waals surface area contributed by atoms with Gasteiger partial charge >= 0.3 is 0 Å². The van der Waals surface area contributed by atoms with Crippen molar-refractivity contribution in [1.29, 1.82) is 0 Å². The zero-order chi connectivity index (χ0) is 13.8. The van der Waals surface area contributed by atoms with Crippen molar-refractivity contribution >= 4 is 17.6 Å². The van der Waals surface area contributed by atoms with Crippen molar-refractivity contribution in [2.45, 2.75) is 77.6 Å². The molecule has 0 N–H and O–H groups in total. The maximum absolute atomic E-state index is 10.6. The average molecular weight is 280 g/mol. The third kappa shape index (κ3) is 8.20. The minimum absolute atomic E-state index is 0.863. The normalized spacial score (nSPS) is 10.8. The smallest absolute Gasteiger partial charge is 0.160 e. The first-order valence-electron chi connectivity index (χ1n) is 7.90. The molecule has 0 fully saturated rings. The van der Waals surface area contributed by atoms with Gasteiger partial charge in [0.25, 0.3) is 0 Å². The molecule has 0 aliphatic rings. The van der Waals surface area contributed by atoms with Crippen molar-refractivity contribution < 1.29 is 4.79 Å². The van der Waals surface area contributed by atoms with Crippen molar-refractivity contribution in [3.63, 3.8) is 0 Å². The second-order valence-corrected chi connectivity index (χ2v) is 6.55. The van der Waals surface area contributed by atoms with Crippen molar-refractivity contribution in [3.05, 3.63) is 21.9 Å². The van der Waals surface area contributed by atoms with Crippen molar-refractivity contribution in [2.24, 2.45) is 0 Å². The zero-order valence-corrected chi connectivity index (χ0v) is 13.1. The van der Waals surface area contributed by atoms with Crippen molar-refractivity contribution in [1.82, 2.24) is 0 Å². The van der Waals surface area contributed by atoms with Gasteiger partial charge < -0.3 is 0 Å². The zero-order valence-electron chi connectivity index (χ0n) is 12.3. The Morgan fingerprint density at radius 1 is 0.895 bits per heavy atom. The Bertz CT molecular complexity index is 330. The molecule has 1 aromatic heterocycles. The van der Waals surface area contributed by atoms with Gasteiger partial charge in [-0.1, -0.05) is 64.7 Å². The lowest BCUT2D eigenvalue weighted by atomic mass is 10.1. The molecule has 0 saturated heterocycles. The summed E-state index contributed by atoms with van der Waals surface area (Å²) in [7, 11) is 0. The van der Waals surface area contributed by atoms with Gasteiger partial charge in [0.2, 0.25) is 0 Å². The number of aldehydes is 1. The van der Waals surface area contributed by atoms with Crippen LogP contribution in [0.25, 0.3) is 0 Å². The molecule has 0 aromatic carbocycles. The Kier molecular flexibility index (Phi) is 9.70. The molecule has 108 valence electrons. The lowest BCUT2D eigenvalue weighted by Crippen LogP contribution is -1.84. The lowest BCUT2D eigenvalue weighted by molar-refractivity contribution is 0.112. The monoisotopic (exact) mass is 280 g/mol. The van der Waals surface area contributed by atoms with E-state index in [4.69, 9.17) is 0 Å². The van der Waals surface area contributed by atoms with Crippen LogP contribution in [0.5, 0.6) is 0 Å². The molecule has 0 radical (unpaired) electrons. The van der Waals surface area contributed by atoms with E-state index < -0.39 is 0 Å². The molecule has 19 heavy (non-hydrogen) atoms. The lowest BCUT2D eigenvalue weighted by Gasteiger charge is -2.01. The average Bonchev–Trinajstić information content (AvgIpc) is 2.89. The van der Waals surface area contributed by atoms with Crippen LogP contribution in [0.3, 0.4) is 0 Å². The highest BCUT2D eigenvalue weighted by molar-refractivity contribution is 7.13. The van der Waals surface area contributed by atoms with Crippen LogP contribution in [0, 0.1) is 0 Å². The molecule has 0 aliphatic heterocycles. The van der Waals surface area contributed by atoms with E-state index >= 15 is 0 Å². The van der Waals surface area contributed by atoms with Crippen LogP contribution in [-0.2, 0) is 6.42 Å². The number of hydrogen-bond acceptors (Lipinski definition) is 2. The van der Waals surface area contributed by atoms with E-state index in [2.05, 4.69) is 13.0 Å². The summed E-state index contributed by atoms with van der Waals surface area (Å²) in [5.74, 6) is 0. The first-order valence-corrected chi connectivity index (χ1v) is 8.72. The summed E-state index contributed by atoms with van der Waals surface area (Å²) in [4.78, 5) is 12.8. The number of thiophene rings is 1. The molecule has 0 bridgehead atoms. The fourth-order valence-electron chi connectivity index (χ4n) is 2.38. The number of carbonyl (C=O) groups is 1. The fraction of sp³-hybridized carbons (Fsp3) is 0.706. The van der Waals surface area contributed by atoms with Gasteiger partial charge in [-0.2, -0.15) is 0 Å². The first-order chi connectivity index (χ1) is 9.36. The quantitative estimate of drug-likeness (QED) is 0.338. The molecule has 0 unspecified atom stereocenters. The van der Waals surface area contributed by atoms with Crippen LogP contribution in [0.1, 0.15) is 85.7 Å². The minimum Gasteiger partial charge on any atom is -0.297 e. The highest BCUT2D eigenvalue weighted by atomic mass is 32.1. The highest BCUT2D eigenvalue weighted by Gasteiger charge is 1.99. The fourth-order valence-corrected chi connectivity index (χ4v) is 3.25. The van der Waals surface area contributed by atoms with E-state index in [-0.39, 0.29) is 0 Å². The maximum Gasteiger partial charge on any atom is 0.160 e. The van der Waals surface area contributed by atoms with E-state index in [0.29, 0.717) is 0 Å². The van der Waals surface area contributed by atoms with Crippen LogP contribution in [0.2, 0.25) is 0 Å². The van der Waals surface area contributed by atoms with Crippen LogP contribution in [0.4, 0.5) is 0 Å². The van der Waals surface area contributed by atoms with Crippen LogP contribution in [0.15, 0.2) is 12.1 Å². The summed E-state index contributed by atoms with van der Waals surface area (Å²) >= 11 is 1.64. The van der Waals surface area contributed by atoms with Crippen LogP contribution >= 0.6 is 11.3 Å². The van der Waals surface area contributed by atoms with Gasteiger partial charge in [-0.15, -0.1) is 11.3 Å². The van der Waals surface area contributed by atoms with Gasteiger partial charge in [0, 0.05) is 4.88 Å². The second-order valence-electron chi connectivity index (χ2n) is 5.35. The van der Waals surface area contributed by atoms with Gasteiger partial charge in [0.1, 0.15) is 0 Å². The maximum atomic E-state index is 10.6. The number of hydrogen-bond donors (Lipinski definition) is 0. The second kappa shape index (κ2) is 11.2. The molecule has 1 aromatic rings. The standard InChI is InChI=1S/C17H28OS/c1-2-3-4-5-6-7-8-9-10-11-12-16-13-14-17(15-18)19-16/h13-15H,2-12H2,1H3. The largest absolute Gasteiger partial charge is 0.297 e. The summed E-state index contributed by atoms with van der Waals surface area (Å²) in [6, 6.07) is 4.03. The summed E-state index contributed by atoms with van der Waals surface area (Å²) in [5, 5.41) is 0. The highest BCUT2D eigenvalue weighted by Crippen LogP contribution is 2.18. The Balaban J connectivity index is 1.87. The Labute approximate surface area is 122 Å². The van der Waals surface area contributed by atoms with Crippen molar-refractivity contribution in [2.75, 3.05) is 0 Å². The van der Waals surface area contributed by atoms with Crippen LogP contribution < -0.4 is 0 Å². The summed E-state index contributed by atoms with van der Waals surface area (Å²) in [6.07, 6.45) is 15.9. The molecule has 0 spiro atoms. The molecule has 0 atom stereocenters. The summed E-state index contributed by atoms with van der Waals surface area (Å²) in [5.41, 5.74) is 0. The Morgan fingerprint density at radius 2 is 1.47 bits per heavy atom. The molecule has 0 saturated carbocycles. The van der Waals surface area contributed by atoms with Crippen molar-refractivity contribution in [3.8, 4) is 0 Å². The van der Waals surface area contributed by atoms with Gasteiger partial charge in [-0.05, 0) is 25.0 Å². The number of rotatable bonds is 12. The van der Waals surface area contributed by atoms with Gasteiger partial charge in [0.05, 0.1) is 4.88 Å². The van der Waals surface area contributed by atoms with Gasteiger partial charge in [0.15, 0.2) is 6.29 Å². The number of carbonyl (C=O) groups excluding carboxylic acids is 1. The van der Waals surface area contributed by atoms with E-state index in [1.165, 1.54) is 69.1 Å². The molecular formula is C17H28OS. The van der Waals surface area contributed by atoms with Gasteiger partial charge in [-0.3, -0.25) is 4.79 Å². The molecule has 1 nitrogen and oxygen atoms in total. The first kappa shape index (κ1) is 16.4. The summed E-state index contributed by atoms with van der Waals surface area (Å²) in [6.45, 7) is 2.27. The molecular weight excluding hydrogens is 252 g/mol. The molecule has 2 heteroatoms. The topological polar surface area (TPSA) is 17.1 Å². The SMILES string of the molecule is CCCCCCCCCCCCc1ccc(C=O)s1. The van der Waals surface area contributed by atoms with Crippen LogP contribution in [-0.4, -0.2) is 6.29 Å². The third-order valence-electron chi connectivity index (χ3n) is 3.58. The van der Waals surface area contributed by atoms with Gasteiger partial charge in [-0.25, -0.2) is 0 Å². The van der Waals surface area contributed by atoms with E-state index in [9.17, 15) is 4.79 Å². The number of aryl methyl sites for hydroxylation is 1. The Hall–Kier alpha value is -0.630. The predicted molar refractivity (Wildman–Crippen MR) is 85.3 cm³/mol. The Morgan fingerprint density at radius 3 is 2.00 bits per heavy atom. The summed E-state index contributed by atoms with van der Waals surface area (Å²) < 4.78 is 0. The van der Waals surface area contributed by atoms with E-state index in [0.717, 1.165) is 17.6 Å². The van der Waals surface area contributed by atoms with E-state index in [1.807, 2.05) is 6.07 Å². The minimum atomic E-state index is 0.863. The number of unbranched alkanes of at least 4 members (excludes halogenated alkanes) is 9. The third-order valence-corrected chi connectivity index (χ3v) is 4.65. The predicted octanol–water partition coefficient (Wildman–Crippen LogP) is 6.02. The molecule has 1 heterocycles. The molecule has 1 rings (SSSR count). The van der Waals surface area contributed by atoms with E-state index in [1.54, 1.807) is 11.3 Å².